The van der Waals surface area contributed by atoms with Crippen molar-refractivity contribution in [3.8, 4) is 0 Å². The van der Waals surface area contributed by atoms with E-state index in [1.54, 1.807) is 5.01 Å². The van der Waals surface area contributed by atoms with Gasteiger partial charge in [0.2, 0.25) is 0 Å². The van der Waals surface area contributed by atoms with Gasteiger partial charge < -0.3 is 10.5 Å². The van der Waals surface area contributed by atoms with Crippen LogP contribution in [0.1, 0.15) is 6.42 Å². The highest BCUT2D eigenvalue weighted by molar-refractivity contribution is 8.22. The number of hydrogen-bond acceptors (Lipinski definition) is 4. The molecule has 12 heavy (non-hydrogen) atoms. The second-order valence-electron chi connectivity index (χ2n) is 2.29. The highest BCUT2D eigenvalue weighted by Crippen LogP contribution is 2.03. The van der Waals surface area contributed by atoms with Crippen LogP contribution < -0.4 is 5.43 Å². The average Bonchev–Trinajstić information content (AvgIpc) is 1.84. The van der Waals surface area contributed by atoms with Gasteiger partial charge >= 0.3 is 5.97 Å². The highest BCUT2D eigenvalue weighted by Gasteiger charge is 2.00. The number of carboxylic acid groups (broad SMARTS) is 1. The molecule has 0 aliphatic carbocycles. The molecule has 0 bridgehead atoms. The van der Waals surface area contributed by atoms with E-state index in [0.29, 0.717) is 10.1 Å². The SMILES string of the molecule is CN(C)NC(=S)SCCC(=O)O. The monoisotopic (exact) mass is 208 g/mol. The lowest BCUT2D eigenvalue weighted by atomic mass is 10.5. The van der Waals surface area contributed by atoms with Crippen LogP contribution in [0.2, 0.25) is 0 Å². The van der Waals surface area contributed by atoms with E-state index in [1.807, 2.05) is 14.1 Å². The maximum absolute atomic E-state index is 10.1. The van der Waals surface area contributed by atoms with E-state index in [4.69, 9.17) is 17.3 Å². The summed E-state index contributed by atoms with van der Waals surface area (Å²) in [6, 6.07) is 0. The fraction of sp³-hybridized carbons (Fsp3) is 0.667. The number of hydrogen-bond donors (Lipinski definition) is 2. The molecule has 0 unspecified atom stereocenters. The minimum absolute atomic E-state index is 0.139. The zero-order valence-electron chi connectivity index (χ0n) is 7.03. The summed E-state index contributed by atoms with van der Waals surface area (Å²) >= 11 is 6.23. The van der Waals surface area contributed by atoms with Gasteiger partial charge in [-0.3, -0.25) is 4.79 Å². The zero-order chi connectivity index (χ0) is 9.56. The van der Waals surface area contributed by atoms with Crippen LogP contribution in [0.4, 0.5) is 0 Å². The molecule has 4 nitrogen and oxygen atoms in total. The molecule has 0 atom stereocenters. The smallest absolute Gasteiger partial charge is 0.304 e. The molecule has 0 aliphatic rings. The first-order valence-electron chi connectivity index (χ1n) is 3.35. The van der Waals surface area contributed by atoms with E-state index in [1.165, 1.54) is 11.8 Å². The van der Waals surface area contributed by atoms with Crippen LogP contribution in [0, 0.1) is 0 Å². The molecule has 0 aliphatic heterocycles. The molecule has 0 spiro atoms. The second kappa shape index (κ2) is 6.22. The van der Waals surface area contributed by atoms with Crippen molar-refractivity contribution in [1.82, 2.24) is 10.4 Å². The number of nitrogens with zero attached hydrogens (tertiary/aromatic N) is 1. The van der Waals surface area contributed by atoms with Crippen molar-refractivity contribution >= 4 is 34.3 Å². The van der Waals surface area contributed by atoms with Crippen LogP contribution in [-0.2, 0) is 4.79 Å². The molecule has 2 N–H and O–H groups in total. The summed E-state index contributed by atoms with van der Waals surface area (Å²) in [7, 11) is 3.65. The number of thioether (sulfide) groups is 1. The summed E-state index contributed by atoms with van der Waals surface area (Å²) in [4.78, 5) is 10.1. The molecule has 0 aromatic rings. The molecular weight excluding hydrogens is 196 g/mol. The fourth-order valence-electron chi connectivity index (χ4n) is 0.446. The van der Waals surface area contributed by atoms with Crippen molar-refractivity contribution in [2.75, 3.05) is 19.8 Å². The Morgan fingerprint density at radius 2 is 2.25 bits per heavy atom. The van der Waals surface area contributed by atoms with E-state index in [2.05, 4.69) is 5.43 Å². The second-order valence-corrected chi connectivity index (χ2v) is 4.06. The Morgan fingerprint density at radius 1 is 1.67 bits per heavy atom. The van der Waals surface area contributed by atoms with Crippen LogP contribution in [0.15, 0.2) is 0 Å². The van der Waals surface area contributed by atoms with E-state index in [-0.39, 0.29) is 6.42 Å². The topological polar surface area (TPSA) is 52.6 Å². The molecule has 0 aromatic heterocycles. The Labute approximate surface area is 81.3 Å². The van der Waals surface area contributed by atoms with Crippen LogP contribution in [0.3, 0.4) is 0 Å². The third-order valence-electron chi connectivity index (χ3n) is 0.864. The van der Waals surface area contributed by atoms with Gasteiger partial charge in [0, 0.05) is 19.8 Å². The maximum atomic E-state index is 10.1. The lowest BCUT2D eigenvalue weighted by molar-refractivity contribution is -0.136. The van der Waals surface area contributed by atoms with Gasteiger partial charge in [-0.25, -0.2) is 5.01 Å². The molecule has 0 saturated heterocycles. The number of thiocarbonyl (C=S) groups is 1. The van der Waals surface area contributed by atoms with E-state index < -0.39 is 5.97 Å². The number of nitrogens with one attached hydrogen (secondary N) is 1. The Kier molecular flexibility index (Phi) is 6.04. The molecule has 0 amide bonds. The minimum atomic E-state index is -0.796. The first-order chi connectivity index (χ1) is 5.52. The predicted octanol–water partition coefficient (Wildman–Crippen LogP) is 0.545. The van der Waals surface area contributed by atoms with Crippen molar-refractivity contribution in [2.24, 2.45) is 0 Å². The molecule has 70 valence electrons. The Bertz CT molecular complexity index is 173. The lowest BCUT2D eigenvalue weighted by Gasteiger charge is -2.12. The summed E-state index contributed by atoms with van der Waals surface area (Å²) in [5, 5.41) is 10.0. The van der Waals surface area contributed by atoms with Gasteiger partial charge in [-0.1, -0.05) is 24.0 Å². The van der Waals surface area contributed by atoms with Crippen molar-refractivity contribution in [1.29, 1.82) is 0 Å². The minimum Gasteiger partial charge on any atom is -0.481 e. The molecule has 0 rings (SSSR count). The molecule has 0 heterocycles. The van der Waals surface area contributed by atoms with Crippen molar-refractivity contribution in [2.45, 2.75) is 6.42 Å². The standard InChI is InChI=1S/C6H12N2O2S2/c1-8(2)7-6(11)12-4-3-5(9)10/h3-4H2,1-2H3,(H,7,11)(H,9,10). The third kappa shape index (κ3) is 7.77. The van der Waals surface area contributed by atoms with Gasteiger partial charge in [0.05, 0.1) is 6.42 Å². The van der Waals surface area contributed by atoms with Gasteiger partial charge in [0.1, 0.15) is 4.32 Å². The number of aliphatic carboxylic acids is 1. The van der Waals surface area contributed by atoms with Crippen molar-refractivity contribution in [3.05, 3.63) is 0 Å². The van der Waals surface area contributed by atoms with Crippen molar-refractivity contribution < 1.29 is 9.90 Å². The summed E-state index contributed by atoms with van der Waals surface area (Å²) < 4.78 is 0.598. The summed E-state index contributed by atoms with van der Waals surface area (Å²) in [5.74, 6) is -0.287. The summed E-state index contributed by atoms with van der Waals surface area (Å²) in [5.41, 5.74) is 2.85. The molecule has 6 heteroatoms. The molecule has 0 aromatic carbocycles. The van der Waals surface area contributed by atoms with Crippen LogP contribution in [0.25, 0.3) is 0 Å². The van der Waals surface area contributed by atoms with Crippen LogP contribution >= 0.6 is 24.0 Å². The van der Waals surface area contributed by atoms with Crippen LogP contribution in [-0.4, -0.2) is 40.3 Å². The first-order valence-corrected chi connectivity index (χ1v) is 4.74. The lowest BCUT2D eigenvalue weighted by Crippen LogP contribution is -2.33. The van der Waals surface area contributed by atoms with Crippen molar-refractivity contribution in [3.63, 3.8) is 0 Å². The molecule has 0 saturated carbocycles. The van der Waals surface area contributed by atoms with Gasteiger partial charge in [-0.2, -0.15) is 0 Å². The van der Waals surface area contributed by atoms with Gasteiger partial charge in [-0.15, -0.1) is 0 Å². The van der Waals surface area contributed by atoms with Gasteiger partial charge in [-0.05, 0) is 0 Å². The average molecular weight is 208 g/mol. The number of rotatable bonds is 4. The number of carboxylic acids is 1. The highest BCUT2D eigenvalue weighted by atomic mass is 32.2. The predicted molar refractivity (Wildman–Crippen MR) is 54.1 cm³/mol. The maximum Gasteiger partial charge on any atom is 0.304 e. The Hall–Kier alpha value is -0.330. The van der Waals surface area contributed by atoms with Gasteiger partial charge in [0.15, 0.2) is 0 Å². The number of hydrazine groups is 1. The molecule has 0 radical (unpaired) electrons. The summed E-state index contributed by atoms with van der Waals surface area (Å²) in [6.07, 6.45) is 0.139. The van der Waals surface area contributed by atoms with E-state index >= 15 is 0 Å². The van der Waals surface area contributed by atoms with E-state index in [9.17, 15) is 4.79 Å². The normalized spacial score (nSPS) is 9.92. The first kappa shape index (κ1) is 11.7. The Balaban J connectivity index is 3.38. The number of carbonyl (C=O) groups is 1. The van der Waals surface area contributed by atoms with Gasteiger partial charge in [0.25, 0.3) is 0 Å². The Morgan fingerprint density at radius 3 is 2.67 bits per heavy atom. The van der Waals surface area contributed by atoms with Crippen LogP contribution in [0.5, 0.6) is 0 Å². The van der Waals surface area contributed by atoms with E-state index in [0.717, 1.165) is 0 Å². The molecule has 0 fully saturated rings. The quantitative estimate of drug-likeness (QED) is 0.520. The largest absolute Gasteiger partial charge is 0.481 e. The fourth-order valence-corrected chi connectivity index (χ4v) is 1.59. The zero-order valence-corrected chi connectivity index (χ0v) is 8.67. The summed E-state index contributed by atoms with van der Waals surface area (Å²) in [6.45, 7) is 0. The third-order valence-corrected chi connectivity index (χ3v) is 2.07. The molecular formula is C6H12N2O2S2.